The van der Waals surface area contributed by atoms with E-state index in [9.17, 15) is 4.79 Å². The Morgan fingerprint density at radius 1 is 1.56 bits per heavy atom. The van der Waals surface area contributed by atoms with Gasteiger partial charge in [-0.05, 0) is 23.6 Å². The van der Waals surface area contributed by atoms with Crippen molar-refractivity contribution in [1.29, 1.82) is 0 Å². The zero-order valence-corrected chi connectivity index (χ0v) is 8.77. The van der Waals surface area contributed by atoms with Crippen LogP contribution in [-0.4, -0.2) is 36.4 Å². The predicted molar refractivity (Wildman–Crippen MR) is 58.0 cm³/mol. The summed E-state index contributed by atoms with van der Waals surface area (Å²) >= 11 is 0. The molecule has 2 atom stereocenters. The number of aliphatic carboxylic acids is 1. The quantitative estimate of drug-likeness (QED) is 0.679. The molecule has 0 amide bonds. The molecule has 2 unspecified atom stereocenters. The third kappa shape index (κ3) is 1.34. The topological polar surface area (TPSA) is 58.6 Å². The summed E-state index contributed by atoms with van der Waals surface area (Å²) in [6, 6.07) is -0.157. The summed E-state index contributed by atoms with van der Waals surface area (Å²) < 4.78 is 5.58. The van der Waals surface area contributed by atoms with Crippen molar-refractivity contribution in [2.45, 2.75) is 18.6 Å². The van der Waals surface area contributed by atoms with Crippen LogP contribution in [0.25, 0.3) is 0 Å². The zero-order valence-electron chi connectivity index (χ0n) is 8.77. The molecule has 0 aromatic carbocycles. The van der Waals surface area contributed by atoms with Gasteiger partial charge < -0.3 is 15.2 Å². The fraction of sp³-hybridized carbons (Fsp3) is 0.417. The molecule has 0 bridgehead atoms. The molecule has 0 saturated carbocycles. The normalized spacial score (nSPS) is 32.1. The van der Waals surface area contributed by atoms with Gasteiger partial charge in [0.1, 0.15) is 0 Å². The number of allylic oxidation sites excluding steroid dienone is 2. The molecule has 16 heavy (non-hydrogen) atoms. The molecule has 2 heterocycles. The summed E-state index contributed by atoms with van der Waals surface area (Å²) in [5.74, 6) is -0.850. The van der Waals surface area contributed by atoms with E-state index < -0.39 is 5.97 Å². The third-order valence-corrected chi connectivity index (χ3v) is 3.38. The number of hydrogen-bond donors (Lipinski definition) is 2. The second-order valence-corrected chi connectivity index (χ2v) is 4.22. The van der Waals surface area contributed by atoms with Gasteiger partial charge in [-0.1, -0.05) is 12.2 Å². The number of carbonyl (C=O) groups is 1. The van der Waals surface area contributed by atoms with Gasteiger partial charge in [-0.15, -0.1) is 0 Å². The second kappa shape index (κ2) is 3.57. The van der Waals surface area contributed by atoms with Crippen molar-refractivity contribution in [3.05, 3.63) is 34.9 Å². The van der Waals surface area contributed by atoms with Gasteiger partial charge in [-0.3, -0.25) is 0 Å². The highest BCUT2D eigenvalue weighted by molar-refractivity contribution is 5.90. The SMILES string of the molecule is O=C(O)C1=CC=CC2=C3CCOC3CNC12. The van der Waals surface area contributed by atoms with Crippen molar-refractivity contribution >= 4 is 5.97 Å². The van der Waals surface area contributed by atoms with Crippen molar-refractivity contribution in [3.63, 3.8) is 0 Å². The Morgan fingerprint density at radius 3 is 3.25 bits per heavy atom. The van der Waals surface area contributed by atoms with Crippen molar-refractivity contribution in [2.24, 2.45) is 0 Å². The number of hydrogen-bond acceptors (Lipinski definition) is 3. The first-order valence-corrected chi connectivity index (χ1v) is 5.47. The number of carboxylic acids is 1. The fourth-order valence-corrected chi connectivity index (χ4v) is 2.63. The molecule has 0 aromatic rings. The highest BCUT2D eigenvalue weighted by Crippen LogP contribution is 2.33. The first-order valence-electron chi connectivity index (χ1n) is 5.47. The molecule has 3 rings (SSSR count). The Bertz CT molecular complexity index is 434. The third-order valence-electron chi connectivity index (χ3n) is 3.38. The Labute approximate surface area is 93.3 Å². The van der Waals surface area contributed by atoms with Crippen molar-refractivity contribution < 1.29 is 14.6 Å². The maximum atomic E-state index is 11.1. The summed E-state index contributed by atoms with van der Waals surface area (Å²) in [6.45, 7) is 1.46. The largest absolute Gasteiger partial charge is 0.478 e. The molecule has 4 nitrogen and oxygen atoms in total. The van der Waals surface area contributed by atoms with E-state index in [1.165, 1.54) is 5.57 Å². The maximum absolute atomic E-state index is 11.1. The number of ether oxygens (including phenoxy) is 1. The maximum Gasteiger partial charge on any atom is 0.333 e. The van der Waals surface area contributed by atoms with Crippen LogP contribution < -0.4 is 5.32 Å². The van der Waals surface area contributed by atoms with Crippen LogP contribution in [0.15, 0.2) is 34.9 Å². The Balaban J connectivity index is 2.04. The molecular formula is C12H13NO3. The van der Waals surface area contributed by atoms with E-state index in [1.54, 1.807) is 6.08 Å². The van der Waals surface area contributed by atoms with Crippen LogP contribution in [0.4, 0.5) is 0 Å². The van der Waals surface area contributed by atoms with Crippen molar-refractivity contribution in [3.8, 4) is 0 Å². The molecule has 2 N–H and O–H groups in total. The fourth-order valence-electron chi connectivity index (χ4n) is 2.63. The average Bonchev–Trinajstić information content (AvgIpc) is 2.76. The molecular weight excluding hydrogens is 206 g/mol. The predicted octanol–water partition coefficient (Wildman–Crippen LogP) is 0.624. The molecule has 1 aliphatic carbocycles. The van der Waals surface area contributed by atoms with Gasteiger partial charge in [0.05, 0.1) is 24.3 Å². The van der Waals surface area contributed by atoms with E-state index in [4.69, 9.17) is 9.84 Å². The first-order chi connectivity index (χ1) is 7.77. The van der Waals surface area contributed by atoms with Crippen LogP contribution in [0.5, 0.6) is 0 Å². The molecule has 84 valence electrons. The summed E-state index contributed by atoms with van der Waals surface area (Å²) in [7, 11) is 0. The molecule has 3 aliphatic rings. The Kier molecular flexibility index (Phi) is 2.19. The van der Waals surface area contributed by atoms with Crippen LogP contribution >= 0.6 is 0 Å². The minimum Gasteiger partial charge on any atom is -0.478 e. The number of carboxylic acid groups (broad SMARTS) is 1. The number of nitrogens with one attached hydrogen (secondary N) is 1. The monoisotopic (exact) mass is 219 g/mol. The lowest BCUT2D eigenvalue weighted by Gasteiger charge is -2.32. The zero-order chi connectivity index (χ0) is 11.1. The summed E-state index contributed by atoms with van der Waals surface area (Å²) in [5, 5.41) is 12.4. The smallest absolute Gasteiger partial charge is 0.333 e. The molecule has 4 heteroatoms. The molecule has 1 fully saturated rings. The average molecular weight is 219 g/mol. The summed E-state index contributed by atoms with van der Waals surface area (Å²) in [4.78, 5) is 11.1. The van der Waals surface area contributed by atoms with Gasteiger partial charge in [0, 0.05) is 6.54 Å². The van der Waals surface area contributed by atoms with E-state index in [-0.39, 0.29) is 12.1 Å². The Hall–Kier alpha value is -1.39. The van der Waals surface area contributed by atoms with Crippen LogP contribution in [0.1, 0.15) is 6.42 Å². The first kappa shape index (κ1) is 9.81. The molecule has 2 aliphatic heterocycles. The van der Waals surface area contributed by atoms with Gasteiger partial charge >= 0.3 is 5.97 Å². The molecule has 0 radical (unpaired) electrons. The van der Waals surface area contributed by atoms with Crippen LogP contribution in [-0.2, 0) is 9.53 Å². The lowest BCUT2D eigenvalue weighted by Crippen LogP contribution is -2.45. The van der Waals surface area contributed by atoms with Gasteiger partial charge in [0.15, 0.2) is 0 Å². The van der Waals surface area contributed by atoms with E-state index in [0.717, 1.165) is 18.6 Å². The van der Waals surface area contributed by atoms with Gasteiger partial charge in [-0.25, -0.2) is 4.79 Å². The summed E-state index contributed by atoms with van der Waals surface area (Å²) in [6.07, 6.45) is 6.55. The van der Waals surface area contributed by atoms with Crippen LogP contribution in [0.3, 0.4) is 0 Å². The van der Waals surface area contributed by atoms with Crippen LogP contribution in [0, 0.1) is 0 Å². The van der Waals surface area contributed by atoms with Crippen LogP contribution in [0.2, 0.25) is 0 Å². The van der Waals surface area contributed by atoms with E-state index >= 15 is 0 Å². The van der Waals surface area contributed by atoms with E-state index in [2.05, 4.69) is 5.32 Å². The van der Waals surface area contributed by atoms with Gasteiger partial charge in [-0.2, -0.15) is 0 Å². The van der Waals surface area contributed by atoms with Crippen molar-refractivity contribution in [2.75, 3.05) is 13.2 Å². The molecule has 0 spiro atoms. The lowest BCUT2D eigenvalue weighted by atomic mass is 9.85. The number of rotatable bonds is 1. The van der Waals surface area contributed by atoms with Gasteiger partial charge in [0.2, 0.25) is 0 Å². The highest BCUT2D eigenvalue weighted by atomic mass is 16.5. The Morgan fingerprint density at radius 2 is 2.44 bits per heavy atom. The minimum absolute atomic E-state index is 0.143. The highest BCUT2D eigenvalue weighted by Gasteiger charge is 2.36. The summed E-state index contributed by atoms with van der Waals surface area (Å²) in [5.41, 5.74) is 2.79. The molecule has 1 saturated heterocycles. The second-order valence-electron chi connectivity index (χ2n) is 4.22. The molecule has 0 aromatic heterocycles. The lowest BCUT2D eigenvalue weighted by molar-refractivity contribution is -0.133. The standard InChI is InChI=1S/C12H13NO3/c14-12(15)9-3-1-2-8-7-4-5-16-10(7)6-13-11(8)9/h1-3,10-11,13H,4-6H2,(H,14,15). The minimum atomic E-state index is -0.850. The van der Waals surface area contributed by atoms with Gasteiger partial charge in [0.25, 0.3) is 0 Å². The van der Waals surface area contributed by atoms with E-state index in [1.807, 2.05) is 12.2 Å². The van der Waals surface area contributed by atoms with E-state index in [0.29, 0.717) is 12.1 Å². The van der Waals surface area contributed by atoms with Crippen molar-refractivity contribution in [1.82, 2.24) is 5.32 Å². The number of fused-ring (bicyclic) bond motifs is 2.